The molecule has 25 heavy (non-hydrogen) atoms. The molecule has 0 saturated carbocycles. The summed E-state index contributed by atoms with van der Waals surface area (Å²) in [5.41, 5.74) is 2.34. The van der Waals surface area contributed by atoms with Crippen molar-refractivity contribution in [3.8, 4) is 0 Å². The summed E-state index contributed by atoms with van der Waals surface area (Å²) in [4.78, 5) is 0. The van der Waals surface area contributed by atoms with Gasteiger partial charge in [0.1, 0.15) is 35.9 Å². The fraction of sp³-hybridized carbons (Fsp3) is 0.200. The molecule has 4 atom stereocenters. The van der Waals surface area contributed by atoms with Crippen LogP contribution < -0.4 is 0 Å². The number of benzene rings is 2. The molecule has 2 saturated heterocycles. The van der Waals surface area contributed by atoms with Crippen LogP contribution in [0, 0.1) is 0 Å². The van der Waals surface area contributed by atoms with Gasteiger partial charge in [-0.3, -0.25) is 0 Å². The van der Waals surface area contributed by atoms with Crippen LogP contribution in [0.5, 0.6) is 0 Å². The zero-order valence-electron chi connectivity index (χ0n) is 13.1. The average Bonchev–Trinajstić information content (AvgIpc) is 3.54. The highest BCUT2D eigenvalue weighted by atomic mass is 79.9. The van der Waals surface area contributed by atoms with E-state index in [4.69, 9.17) is 13.9 Å². The largest absolute Gasteiger partial charge is 0.460 e. The molecular weight excluding hydrogens is 448 g/mol. The van der Waals surface area contributed by atoms with Crippen LogP contribution in [0.15, 0.2) is 74.0 Å². The quantitative estimate of drug-likeness (QED) is 0.420. The molecule has 3 heterocycles. The maximum Gasteiger partial charge on any atom is 0.146 e. The smallest absolute Gasteiger partial charge is 0.146 e. The molecule has 2 aliphatic heterocycles. The fourth-order valence-corrected chi connectivity index (χ4v) is 3.67. The number of epoxide rings is 2. The van der Waals surface area contributed by atoms with E-state index in [2.05, 4.69) is 56.1 Å². The Kier molecular flexibility index (Phi) is 3.86. The van der Waals surface area contributed by atoms with Gasteiger partial charge in [0.2, 0.25) is 0 Å². The number of hydrogen-bond donors (Lipinski definition) is 0. The summed E-state index contributed by atoms with van der Waals surface area (Å²) in [7, 11) is 0. The number of rotatable bonds is 4. The van der Waals surface area contributed by atoms with Crippen molar-refractivity contribution in [2.24, 2.45) is 0 Å². The van der Waals surface area contributed by atoms with Crippen LogP contribution in [0.1, 0.15) is 47.1 Å². The van der Waals surface area contributed by atoms with E-state index in [9.17, 15) is 0 Å². The Balaban J connectivity index is 1.28. The van der Waals surface area contributed by atoms with Gasteiger partial charge in [0.05, 0.1) is 0 Å². The van der Waals surface area contributed by atoms with Gasteiger partial charge in [-0.1, -0.05) is 56.1 Å². The summed E-state index contributed by atoms with van der Waals surface area (Å²) in [6, 6.07) is 20.4. The second-order valence-corrected chi connectivity index (χ2v) is 8.13. The molecule has 0 spiro atoms. The molecule has 3 aromatic rings. The summed E-state index contributed by atoms with van der Waals surface area (Å²) in [5, 5.41) is 0. The van der Waals surface area contributed by atoms with Crippen molar-refractivity contribution in [3.63, 3.8) is 0 Å². The zero-order valence-corrected chi connectivity index (χ0v) is 16.2. The monoisotopic (exact) mass is 460 g/mol. The molecule has 2 aromatic carbocycles. The van der Waals surface area contributed by atoms with Gasteiger partial charge in [0, 0.05) is 8.95 Å². The summed E-state index contributed by atoms with van der Waals surface area (Å²) < 4.78 is 19.8. The van der Waals surface area contributed by atoms with Crippen molar-refractivity contribution in [1.82, 2.24) is 0 Å². The van der Waals surface area contributed by atoms with E-state index >= 15 is 0 Å². The molecule has 0 radical (unpaired) electrons. The molecule has 126 valence electrons. The lowest BCUT2D eigenvalue weighted by Gasteiger charge is -1.96. The van der Waals surface area contributed by atoms with Crippen LogP contribution >= 0.6 is 31.9 Å². The van der Waals surface area contributed by atoms with Crippen LogP contribution in [0.4, 0.5) is 0 Å². The first-order valence-corrected chi connectivity index (χ1v) is 9.69. The van der Waals surface area contributed by atoms with Crippen LogP contribution in [0.25, 0.3) is 0 Å². The number of halogens is 2. The third kappa shape index (κ3) is 3.10. The van der Waals surface area contributed by atoms with Crippen LogP contribution in [-0.4, -0.2) is 0 Å². The average molecular weight is 462 g/mol. The predicted molar refractivity (Wildman–Crippen MR) is 100 cm³/mol. The van der Waals surface area contributed by atoms with Crippen molar-refractivity contribution in [2.45, 2.75) is 24.4 Å². The van der Waals surface area contributed by atoms with E-state index < -0.39 is 0 Å². The zero-order chi connectivity index (χ0) is 17.0. The van der Waals surface area contributed by atoms with E-state index in [1.165, 1.54) is 11.1 Å². The fourth-order valence-electron chi connectivity index (χ4n) is 3.14. The topological polar surface area (TPSA) is 38.2 Å². The van der Waals surface area contributed by atoms with E-state index in [1.807, 2.05) is 36.4 Å². The summed E-state index contributed by atoms with van der Waals surface area (Å²) >= 11 is 6.91. The molecule has 2 fully saturated rings. The van der Waals surface area contributed by atoms with E-state index in [-0.39, 0.29) is 24.4 Å². The first-order chi connectivity index (χ1) is 12.2. The van der Waals surface area contributed by atoms with Gasteiger partial charge < -0.3 is 13.9 Å². The van der Waals surface area contributed by atoms with E-state index in [0.717, 1.165) is 20.5 Å². The van der Waals surface area contributed by atoms with Crippen LogP contribution in [0.2, 0.25) is 0 Å². The third-order valence-corrected chi connectivity index (χ3v) is 5.65. The molecule has 3 nitrogen and oxygen atoms in total. The van der Waals surface area contributed by atoms with Crippen molar-refractivity contribution >= 4 is 31.9 Å². The van der Waals surface area contributed by atoms with Crippen molar-refractivity contribution < 1.29 is 13.9 Å². The van der Waals surface area contributed by atoms with Crippen molar-refractivity contribution in [2.75, 3.05) is 0 Å². The Bertz CT molecular complexity index is 827. The minimum absolute atomic E-state index is 0.000179. The van der Waals surface area contributed by atoms with Crippen molar-refractivity contribution in [1.29, 1.82) is 0 Å². The van der Waals surface area contributed by atoms with Gasteiger partial charge in [-0.25, -0.2) is 0 Å². The third-order valence-electron chi connectivity index (χ3n) is 4.59. The maximum absolute atomic E-state index is 6.01. The number of furan rings is 1. The summed E-state index contributed by atoms with van der Waals surface area (Å²) in [6.45, 7) is 0. The molecular formula is C20H14Br2O3. The second kappa shape index (κ2) is 6.09. The molecule has 0 N–H and O–H groups in total. The summed E-state index contributed by atoms with van der Waals surface area (Å²) in [6.07, 6.45) is 0.156. The molecule has 0 bridgehead atoms. The lowest BCUT2D eigenvalue weighted by atomic mass is 10.1. The standard InChI is InChI=1S/C20H14Br2O3/c21-13-5-1-11(2-6-13)17-19(24-17)15-9-10-16(23-15)20-18(25-20)12-3-7-14(22)8-4-12/h1-10,17-20H. The van der Waals surface area contributed by atoms with Crippen LogP contribution in [-0.2, 0) is 9.47 Å². The highest BCUT2D eigenvalue weighted by Gasteiger charge is 2.47. The van der Waals surface area contributed by atoms with E-state index in [1.54, 1.807) is 0 Å². The number of ether oxygens (including phenoxy) is 2. The molecule has 1 aromatic heterocycles. The molecule has 0 amide bonds. The molecule has 5 heteroatoms. The van der Waals surface area contributed by atoms with Gasteiger partial charge in [-0.2, -0.15) is 0 Å². The number of hydrogen-bond acceptors (Lipinski definition) is 3. The molecule has 4 unspecified atom stereocenters. The van der Waals surface area contributed by atoms with E-state index in [0.29, 0.717) is 0 Å². The molecule has 0 aliphatic carbocycles. The normalized spacial score (nSPS) is 27.3. The van der Waals surface area contributed by atoms with Crippen LogP contribution in [0.3, 0.4) is 0 Å². The Morgan fingerprint density at radius 3 is 1.32 bits per heavy atom. The minimum atomic E-state index is -0.000179. The Morgan fingerprint density at radius 1 is 0.520 bits per heavy atom. The highest BCUT2D eigenvalue weighted by molar-refractivity contribution is 9.10. The highest BCUT2D eigenvalue weighted by Crippen LogP contribution is 2.55. The maximum atomic E-state index is 6.01. The van der Waals surface area contributed by atoms with Gasteiger partial charge in [0.15, 0.2) is 0 Å². The Labute approximate surface area is 162 Å². The second-order valence-electron chi connectivity index (χ2n) is 6.30. The van der Waals surface area contributed by atoms with Gasteiger partial charge in [-0.05, 0) is 47.5 Å². The lowest BCUT2D eigenvalue weighted by Crippen LogP contribution is -1.83. The Hall–Kier alpha value is -1.40. The minimum Gasteiger partial charge on any atom is -0.460 e. The lowest BCUT2D eigenvalue weighted by molar-refractivity contribution is 0.320. The van der Waals surface area contributed by atoms with Gasteiger partial charge in [-0.15, -0.1) is 0 Å². The van der Waals surface area contributed by atoms with Gasteiger partial charge in [0.25, 0.3) is 0 Å². The summed E-state index contributed by atoms with van der Waals surface area (Å²) in [5.74, 6) is 1.74. The molecule has 5 rings (SSSR count). The molecule has 2 aliphatic rings. The predicted octanol–water partition coefficient (Wildman–Crippen LogP) is 6.43. The SMILES string of the molecule is Brc1ccc(C2OC2c2ccc(C3OC3c3ccc(Br)cc3)o2)cc1. The van der Waals surface area contributed by atoms with Crippen molar-refractivity contribution in [3.05, 3.63) is 92.3 Å². The Morgan fingerprint density at radius 2 is 0.920 bits per heavy atom. The first kappa shape index (κ1) is 15.8. The van der Waals surface area contributed by atoms with Gasteiger partial charge >= 0.3 is 0 Å². The first-order valence-electron chi connectivity index (χ1n) is 8.10.